The number of pyridine rings is 1. The second kappa shape index (κ2) is 12.6. The number of alkyl halides is 3. The van der Waals surface area contributed by atoms with E-state index >= 15 is 0 Å². The number of hydrogen-bond donors (Lipinski definition) is 0. The van der Waals surface area contributed by atoms with E-state index in [1.165, 1.54) is 10.8 Å². The van der Waals surface area contributed by atoms with E-state index in [0.29, 0.717) is 17.3 Å². The zero-order chi connectivity index (χ0) is 27.2. The van der Waals surface area contributed by atoms with Crippen molar-refractivity contribution in [3.8, 4) is 0 Å². The lowest BCUT2D eigenvalue weighted by molar-refractivity contribution is -0.303. The molecular formula is C27H34ClF3N4O2. The van der Waals surface area contributed by atoms with Crippen molar-refractivity contribution in [2.45, 2.75) is 58.4 Å². The second-order valence-corrected chi connectivity index (χ2v) is 9.65. The molecule has 0 aromatic carbocycles. The van der Waals surface area contributed by atoms with Crippen LogP contribution < -0.4 is 5.56 Å². The molecular weight excluding hydrogens is 505 g/mol. The van der Waals surface area contributed by atoms with Crippen molar-refractivity contribution in [2.75, 3.05) is 13.1 Å². The highest BCUT2D eigenvalue weighted by Gasteiger charge is 2.31. The topological polar surface area (TPSA) is 52.3 Å². The van der Waals surface area contributed by atoms with Gasteiger partial charge in [0.1, 0.15) is 10.8 Å². The Morgan fingerprint density at radius 3 is 2.59 bits per heavy atom. The Labute approximate surface area is 220 Å². The normalized spacial score (nSPS) is 16.9. The highest BCUT2D eigenvalue weighted by molar-refractivity contribution is 6.31. The van der Waals surface area contributed by atoms with Gasteiger partial charge in [0.15, 0.2) is 0 Å². The smallest absolute Gasteiger partial charge is 0.406 e. The van der Waals surface area contributed by atoms with Gasteiger partial charge in [0.05, 0.1) is 17.4 Å². The van der Waals surface area contributed by atoms with E-state index in [0.717, 1.165) is 57.0 Å². The van der Waals surface area contributed by atoms with Crippen LogP contribution in [0.15, 0.2) is 59.8 Å². The Bertz CT molecular complexity index is 1180. The van der Waals surface area contributed by atoms with Crippen LogP contribution in [0.3, 0.4) is 0 Å². The first-order valence-electron chi connectivity index (χ1n) is 12.4. The van der Waals surface area contributed by atoms with Crippen LogP contribution in [0, 0.1) is 5.92 Å². The first kappa shape index (κ1) is 28.8. The summed E-state index contributed by atoms with van der Waals surface area (Å²) >= 11 is 6.51. The average Bonchev–Trinajstić information content (AvgIpc) is 3.07. The molecule has 37 heavy (non-hydrogen) atoms. The molecule has 0 N–H and O–H groups in total. The van der Waals surface area contributed by atoms with Crippen molar-refractivity contribution >= 4 is 17.3 Å². The maximum Gasteiger partial charge on any atom is 0.573 e. The van der Waals surface area contributed by atoms with Gasteiger partial charge in [-0.2, -0.15) is 0 Å². The van der Waals surface area contributed by atoms with E-state index in [1.54, 1.807) is 24.7 Å². The summed E-state index contributed by atoms with van der Waals surface area (Å²) in [6.45, 7) is 8.76. The number of aromatic nitrogens is 3. The predicted molar refractivity (Wildman–Crippen MR) is 140 cm³/mol. The molecule has 2 aromatic heterocycles. The summed E-state index contributed by atoms with van der Waals surface area (Å²) in [6.07, 6.45) is 6.42. The highest BCUT2D eigenvalue weighted by Crippen LogP contribution is 2.32. The summed E-state index contributed by atoms with van der Waals surface area (Å²) in [4.78, 5) is 19.8. The molecule has 2 aromatic rings. The Hall–Kier alpha value is -2.78. The first-order valence-corrected chi connectivity index (χ1v) is 12.8. The van der Waals surface area contributed by atoms with E-state index in [1.807, 2.05) is 25.3 Å². The monoisotopic (exact) mass is 538 g/mol. The van der Waals surface area contributed by atoms with Gasteiger partial charge < -0.3 is 4.74 Å². The van der Waals surface area contributed by atoms with Gasteiger partial charge in [-0.3, -0.25) is 19.4 Å². The van der Waals surface area contributed by atoms with E-state index in [9.17, 15) is 18.0 Å². The van der Waals surface area contributed by atoms with Crippen LogP contribution in [0.25, 0.3) is 5.70 Å². The van der Waals surface area contributed by atoms with Crippen molar-refractivity contribution in [2.24, 2.45) is 13.0 Å². The maximum absolute atomic E-state index is 13.0. The lowest BCUT2D eigenvalue weighted by Crippen LogP contribution is -2.36. The summed E-state index contributed by atoms with van der Waals surface area (Å²) in [5, 5.41) is 0.102. The lowest BCUT2D eigenvalue weighted by Gasteiger charge is -2.36. The Morgan fingerprint density at radius 2 is 2.00 bits per heavy atom. The van der Waals surface area contributed by atoms with Crippen LogP contribution >= 0.6 is 11.6 Å². The molecule has 0 saturated carbocycles. The fraction of sp³-hybridized carbons (Fsp3) is 0.481. The molecule has 0 spiro atoms. The molecule has 1 fully saturated rings. The molecule has 1 aliphatic heterocycles. The minimum Gasteiger partial charge on any atom is -0.406 e. The number of halogens is 4. The maximum atomic E-state index is 13.0. The van der Waals surface area contributed by atoms with E-state index < -0.39 is 17.7 Å². The Kier molecular flexibility index (Phi) is 9.84. The molecule has 3 heterocycles. The summed E-state index contributed by atoms with van der Waals surface area (Å²) < 4.78 is 44.1. The lowest BCUT2D eigenvalue weighted by atomic mass is 9.90. The number of aryl methyl sites for hydroxylation is 1. The molecule has 1 unspecified atom stereocenters. The number of piperidine rings is 1. The van der Waals surface area contributed by atoms with E-state index in [2.05, 4.69) is 27.3 Å². The van der Waals surface area contributed by atoms with Crippen LogP contribution in [-0.4, -0.2) is 38.7 Å². The molecule has 10 heteroatoms. The Morgan fingerprint density at radius 1 is 1.30 bits per heavy atom. The standard InChI is InChI=1S/C27H34ClF3N4O2/c1-5-23(13-12-19(2)37-27(29,30)31)35-26(36)24(28)25(33(35)4)20(3)34-17-14-21(15-18-34)9-8-11-22-10-6-7-16-32-22/h5-7,10,12-13,16,20-21H,2,8-9,11,14-15,17-18H2,1,3-4H3/b13-12-,23-5+. The van der Waals surface area contributed by atoms with Crippen LogP contribution in [0.2, 0.25) is 5.02 Å². The molecule has 6 nitrogen and oxygen atoms in total. The fourth-order valence-corrected chi connectivity index (χ4v) is 5.26. The van der Waals surface area contributed by atoms with Gasteiger partial charge in [-0.15, -0.1) is 13.2 Å². The van der Waals surface area contributed by atoms with Gasteiger partial charge in [0, 0.05) is 18.9 Å². The molecule has 1 atom stereocenters. The van der Waals surface area contributed by atoms with E-state index in [4.69, 9.17) is 11.6 Å². The molecule has 0 bridgehead atoms. The van der Waals surface area contributed by atoms with Gasteiger partial charge >= 0.3 is 6.36 Å². The summed E-state index contributed by atoms with van der Waals surface area (Å²) in [5.74, 6) is 0.0690. The van der Waals surface area contributed by atoms with Crippen LogP contribution in [0.1, 0.15) is 57.0 Å². The first-order chi connectivity index (χ1) is 17.5. The van der Waals surface area contributed by atoms with Crippen LogP contribution in [0.5, 0.6) is 0 Å². The average molecular weight is 539 g/mol. The van der Waals surface area contributed by atoms with Crippen molar-refractivity contribution < 1.29 is 17.9 Å². The minimum absolute atomic E-state index is 0.102. The number of hydrogen-bond acceptors (Lipinski definition) is 4. The van der Waals surface area contributed by atoms with Gasteiger partial charge in [-0.05, 0) is 89.2 Å². The summed E-state index contributed by atoms with van der Waals surface area (Å²) in [6, 6.07) is 5.90. The third-order valence-electron chi connectivity index (χ3n) is 6.84. The minimum atomic E-state index is -4.84. The predicted octanol–water partition coefficient (Wildman–Crippen LogP) is 6.50. The number of allylic oxidation sites excluding steroid dienone is 4. The van der Waals surface area contributed by atoms with Crippen LogP contribution in [-0.2, 0) is 18.2 Å². The molecule has 202 valence electrons. The third kappa shape index (κ3) is 7.61. The van der Waals surface area contributed by atoms with Gasteiger partial charge in [-0.25, -0.2) is 4.68 Å². The number of likely N-dealkylation sites (tertiary alicyclic amines) is 1. The van der Waals surface area contributed by atoms with Gasteiger partial charge in [0.25, 0.3) is 5.56 Å². The molecule has 3 rings (SSSR count). The fourth-order valence-electron chi connectivity index (χ4n) is 4.90. The van der Waals surface area contributed by atoms with Gasteiger partial charge in [0.2, 0.25) is 0 Å². The molecule has 0 aliphatic carbocycles. The quantitative estimate of drug-likeness (QED) is 0.256. The summed E-state index contributed by atoms with van der Waals surface area (Å²) in [7, 11) is 1.72. The van der Waals surface area contributed by atoms with Crippen LogP contribution in [0.4, 0.5) is 13.2 Å². The largest absolute Gasteiger partial charge is 0.573 e. The third-order valence-corrected chi connectivity index (χ3v) is 7.20. The molecule has 0 amide bonds. The number of nitrogens with zero attached hydrogens (tertiary/aromatic N) is 4. The zero-order valence-electron chi connectivity index (χ0n) is 21.5. The molecule has 1 saturated heterocycles. The molecule has 1 aliphatic rings. The van der Waals surface area contributed by atoms with Crippen molar-refractivity contribution in [3.05, 3.63) is 81.7 Å². The number of rotatable bonds is 10. The molecule has 0 radical (unpaired) electrons. The highest BCUT2D eigenvalue weighted by atomic mass is 35.5. The van der Waals surface area contributed by atoms with Crippen molar-refractivity contribution in [1.29, 1.82) is 0 Å². The second-order valence-electron chi connectivity index (χ2n) is 9.27. The summed E-state index contributed by atoms with van der Waals surface area (Å²) in [5.41, 5.74) is 1.71. The van der Waals surface area contributed by atoms with Crippen molar-refractivity contribution in [1.82, 2.24) is 19.2 Å². The van der Waals surface area contributed by atoms with E-state index in [-0.39, 0.29) is 11.1 Å². The zero-order valence-corrected chi connectivity index (χ0v) is 22.2. The SMILES string of the molecule is C=C(/C=C\C(=C/C)n1c(=O)c(Cl)c(C(C)N2CCC(CCCc3ccccn3)CC2)n1C)OC(F)(F)F. The Balaban J connectivity index is 1.65. The number of ether oxygens (including phenoxy) is 1. The van der Waals surface area contributed by atoms with Crippen molar-refractivity contribution in [3.63, 3.8) is 0 Å². The van der Waals surface area contributed by atoms with Gasteiger partial charge in [-0.1, -0.05) is 30.3 Å².